The molecule has 2 heterocycles. The summed E-state index contributed by atoms with van der Waals surface area (Å²) in [6.07, 6.45) is 1.62. The Morgan fingerprint density at radius 1 is 1.35 bits per heavy atom. The number of aromatic nitrogens is 2. The summed E-state index contributed by atoms with van der Waals surface area (Å²) in [5, 5.41) is 3.11. The molecule has 2 aromatic heterocycles. The van der Waals surface area contributed by atoms with Crippen LogP contribution in [0.15, 0.2) is 22.8 Å². The predicted molar refractivity (Wildman–Crippen MR) is 74.6 cm³/mol. The Labute approximate surface area is 117 Å². The molecular weight excluding hydrogens is 260 g/mol. The number of ether oxygens (including phenoxy) is 2. The number of nitrogens with two attached hydrogens (primary N) is 1. The van der Waals surface area contributed by atoms with E-state index in [2.05, 4.69) is 15.3 Å². The highest BCUT2D eigenvalue weighted by molar-refractivity contribution is 5.66. The summed E-state index contributed by atoms with van der Waals surface area (Å²) in [6.45, 7) is 3.12. The van der Waals surface area contributed by atoms with Crippen LogP contribution in [0.25, 0.3) is 0 Å². The van der Waals surface area contributed by atoms with Crippen LogP contribution < -0.4 is 15.8 Å². The molecule has 0 spiro atoms. The van der Waals surface area contributed by atoms with Gasteiger partial charge in [-0.25, -0.2) is 4.98 Å². The fraction of sp³-hybridized carbons (Fsp3) is 0.385. The molecule has 0 saturated heterocycles. The number of hydrogen-bond donors (Lipinski definition) is 2. The van der Waals surface area contributed by atoms with Gasteiger partial charge in [-0.05, 0) is 19.1 Å². The van der Waals surface area contributed by atoms with Gasteiger partial charge in [0.25, 0.3) is 0 Å². The minimum absolute atomic E-state index is 0.358. The molecule has 0 unspecified atom stereocenters. The molecule has 108 valence electrons. The standard InChI is InChI=1S/C13H18N4O3/c1-9-16-12(15-8-10-4-3-5-19-10)11(14)13(17-9)20-7-6-18-2/h3-5H,6-8,14H2,1-2H3,(H,15,16,17). The van der Waals surface area contributed by atoms with Crippen molar-refractivity contribution in [2.75, 3.05) is 31.4 Å². The van der Waals surface area contributed by atoms with E-state index >= 15 is 0 Å². The Balaban J connectivity index is 2.07. The van der Waals surface area contributed by atoms with Crippen molar-refractivity contribution in [1.29, 1.82) is 0 Å². The van der Waals surface area contributed by atoms with Gasteiger partial charge in [0, 0.05) is 7.11 Å². The summed E-state index contributed by atoms with van der Waals surface area (Å²) in [5.41, 5.74) is 6.36. The molecule has 20 heavy (non-hydrogen) atoms. The first-order valence-electron chi connectivity index (χ1n) is 6.23. The lowest BCUT2D eigenvalue weighted by atomic mass is 10.4. The second-order valence-corrected chi connectivity index (χ2v) is 4.11. The van der Waals surface area contributed by atoms with E-state index < -0.39 is 0 Å². The molecule has 3 N–H and O–H groups in total. The molecule has 0 aromatic carbocycles. The van der Waals surface area contributed by atoms with Crippen LogP contribution in [0.3, 0.4) is 0 Å². The Morgan fingerprint density at radius 3 is 2.90 bits per heavy atom. The first kappa shape index (κ1) is 14.1. The van der Waals surface area contributed by atoms with E-state index in [9.17, 15) is 0 Å². The van der Waals surface area contributed by atoms with E-state index in [0.29, 0.717) is 43.0 Å². The Hall–Kier alpha value is -2.28. The molecule has 0 fully saturated rings. The van der Waals surface area contributed by atoms with Crippen LogP contribution in [0, 0.1) is 6.92 Å². The number of nitrogens with one attached hydrogen (secondary N) is 1. The predicted octanol–water partition coefficient (Wildman–Crippen LogP) is 1.60. The third-order valence-electron chi connectivity index (χ3n) is 2.56. The summed E-state index contributed by atoms with van der Waals surface area (Å²) >= 11 is 0. The van der Waals surface area contributed by atoms with Crippen molar-refractivity contribution in [1.82, 2.24) is 9.97 Å². The zero-order chi connectivity index (χ0) is 14.4. The number of methoxy groups -OCH3 is 1. The quantitative estimate of drug-likeness (QED) is 0.742. The molecule has 0 saturated carbocycles. The average Bonchev–Trinajstić information content (AvgIpc) is 2.94. The van der Waals surface area contributed by atoms with Gasteiger partial charge in [0.05, 0.1) is 19.4 Å². The number of anilines is 2. The lowest BCUT2D eigenvalue weighted by Crippen LogP contribution is -2.11. The second kappa shape index (κ2) is 6.76. The first-order chi connectivity index (χ1) is 9.70. The average molecular weight is 278 g/mol. The van der Waals surface area contributed by atoms with Gasteiger partial charge < -0.3 is 24.9 Å². The number of hydrogen-bond acceptors (Lipinski definition) is 7. The van der Waals surface area contributed by atoms with Crippen molar-refractivity contribution in [3.05, 3.63) is 30.0 Å². The summed E-state index contributed by atoms with van der Waals surface area (Å²) in [6, 6.07) is 3.69. The van der Waals surface area contributed by atoms with E-state index in [-0.39, 0.29) is 0 Å². The van der Waals surface area contributed by atoms with Gasteiger partial charge in [-0.3, -0.25) is 0 Å². The molecule has 0 aliphatic rings. The lowest BCUT2D eigenvalue weighted by molar-refractivity contribution is 0.144. The normalized spacial score (nSPS) is 10.5. The number of nitrogens with zero attached hydrogens (tertiary/aromatic N) is 2. The van der Waals surface area contributed by atoms with Gasteiger partial charge in [0.15, 0.2) is 5.82 Å². The smallest absolute Gasteiger partial charge is 0.242 e. The van der Waals surface area contributed by atoms with E-state index in [0.717, 1.165) is 5.76 Å². The topological polar surface area (TPSA) is 95.4 Å². The maximum Gasteiger partial charge on any atom is 0.242 e. The van der Waals surface area contributed by atoms with E-state index in [1.54, 1.807) is 20.3 Å². The highest BCUT2D eigenvalue weighted by Gasteiger charge is 2.11. The van der Waals surface area contributed by atoms with Crippen LogP contribution in [0.1, 0.15) is 11.6 Å². The zero-order valence-electron chi connectivity index (χ0n) is 11.5. The van der Waals surface area contributed by atoms with E-state index in [4.69, 9.17) is 19.6 Å². The molecule has 0 amide bonds. The van der Waals surface area contributed by atoms with Crippen LogP contribution in [0.2, 0.25) is 0 Å². The third-order valence-corrected chi connectivity index (χ3v) is 2.56. The highest BCUT2D eigenvalue weighted by atomic mass is 16.5. The third kappa shape index (κ3) is 3.61. The van der Waals surface area contributed by atoms with E-state index in [1.165, 1.54) is 0 Å². The Kier molecular flexibility index (Phi) is 4.78. The number of rotatable bonds is 7. The van der Waals surface area contributed by atoms with Crippen LogP contribution in [-0.4, -0.2) is 30.3 Å². The molecule has 0 atom stereocenters. The van der Waals surface area contributed by atoms with Crippen molar-refractivity contribution in [3.63, 3.8) is 0 Å². The largest absolute Gasteiger partial charge is 0.474 e. The van der Waals surface area contributed by atoms with E-state index in [1.807, 2.05) is 12.1 Å². The molecule has 7 nitrogen and oxygen atoms in total. The second-order valence-electron chi connectivity index (χ2n) is 4.11. The molecular formula is C13H18N4O3. The first-order valence-corrected chi connectivity index (χ1v) is 6.23. The van der Waals surface area contributed by atoms with Gasteiger partial charge in [-0.15, -0.1) is 0 Å². The lowest BCUT2D eigenvalue weighted by Gasteiger charge is -2.12. The molecule has 2 aromatic rings. The SMILES string of the molecule is COCCOc1nc(C)nc(NCc2ccco2)c1N. The fourth-order valence-electron chi connectivity index (χ4n) is 1.61. The molecule has 0 radical (unpaired) electrons. The summed E-state index contributed by atoms with van der Waals surface area (Å²) < 4.78 is 15.6. The molecule has 0 aliphatic heterocycles. The van der Waals surface area contributed by atoms with Crippen molar-refractivity contribution in [3.8, 4) is 5.88 Å². The number of furan rings is 1. The van der Waals surface area contributed by atoms with Crippen LogP contribution in [0.4, 0.5) is 11.5 Å². The Bertz CT molecular complexity index is 543. The molecule has 7 heteroatoms. The van der Waals surface area contributed by atoms with Crippen molar-refractivity contribution in [2.45, 2.75) is 13.5 Å². The number of nitrogen functional groups attached to an aromatic ring is 1. The fourth-order valence-corrected chi connectivity index (χ4v) is 1.61. The van der Waals surface area contributed by atoms with Gasteiger partial charge in [-0.2, -0.15) is 4.98 Å². The molecule has 2 rings (SSSR count). The monoisotopic (exact) mass is 278 g/mol. The molecule has 0 aliphatic carbocycles. The van der Waals surface area contributed by atoms with Gasteiger partial charge >= 0.3 is 0 Å². The van der Waals surface area contributed by atoms with Gasteiger partial charge in [0.2, 0.25) is 5.88 Å². The van der Waals surface area contributed by atoms with Gasteiger partial charge in [0.1, 0.15) is 23.9 Å². The van der Waals surface area contributed by atoms with Crippen LogP contribution in [0.5, 0.6) is 5.88 Å². The minimum Gasteiger partial charge on any atom is -0.474 e. The Morgan fingerprint density at radius 2 is 2.20 bits per heavy atom. The van der Waals surface area contributed by atoms with Crippen molar-refractivity contribution in [2.24, 2.45) is 0 Å². The molecule has 0 bridgehead atoms. The minimum atomic E-state index is 0.358. The maximum atomic E-state index is 5.99. The summed E-state index contributed by atoms with van der Waals surface area (Å²) in [7, 11) is 1.61. The summed E-state index contributed by atoms with van der Waals surface area (Å²) in [5.74, 6) is 2.26. The van der Waals surface area contributed by atoms with Crippen LogP contribution >= 0.6 is 0 Å². The zero-order valence-corrected chi connectivity index (χ0v) is 11.5. The van der Waals surface area contributed by atoms with Gasteiger partial charge in [-0.1, -0.05) is 0 Å². The maximum absolute atomic E-state index is 5.99. The summed E-state index contributed by atoms with van der Waals surface area (Å²) in [4.78, 5) is 8.43. The van der Waals surface area contributed by atoms with Crippen molar-refractivity contribution >= 4 is 11.5 Å². The highest BCUT2D eigenvalue weighted by Crippen LogP contribution is 2.26. The van der Waals surface area contributed by atoms with Crippen LogP contribution in [-0.2, 0) is 11.3 Å². The van der Waals surface area contributed by atoms with Crippen molar-refractivity contribution < 1.29 is 13.9 Å². The number of aryl methyl sites for hydroxylation is 1.